The third-order valence-electron chi connectivity index (χ3n) is 5.90. The summed E-state index contributed by atoms with van der Waals surface area (Å²) in [7, 11) is -4.33. The van der Waals surface area contributed by atoms with Crippen molar-refractivity contribution in [3.8, 4) is 11.1 Å². The predicted molar refractivity (Wildman–Crippen MR) is 156 cm³/mol. The standard InChI is InChI=1S/C29H25Cl2N3O5S/c30-24-13-6-14-25(31)27(24)40(38,39)34-26(28(35)36)16-20-9-4-10-21(15-20)22-11-5-12-23(17-22)33-29(37)32-18-19-7-2-1-3-8-19/h1-15,17,26,34H,16,18H2,(H,35,36)(H2,32,33,37)/t26-/m1/s1. The summed E-state index contributed by atoms with van der Waals surface area (Å²) in [6.07, 6.45) is -0.135. The summed E-state index contributed by atoms with van der Waals surface area (Å²) in [4.78, 5) is 24.0. The molecule has 0 spiro atoms. The Morgan fingerprint density at radius 2 is 1.38 bits per heavy atom. The lowest BCUT2D eigenvalue weighted by Crippen LogP contribution is -2.42. The Morgan fingerprint density at radius 1 is 0.775 bits per heavy atom. The van der Waals surface area contributed by atoms with Crippen molar-refractivity contribution in [2.24, 2.45) is 0 Å². The van der Waals surface area contributed by atoms with E-state index in [1.807, 2.05) is 42.5 Å². The topological polar surface area (TPSA) is 125 Å². The van der Waals surface area contributed by atoms with Crippen LogP contribution in [0.4, 0.5) is 10.5 Å². The molecule has 0 aliphatic carbocycles. The van der Waals surface area contributed by atoms with Crippen LogP contribution >= 0.6 is 23.2 Å². The number of halogens is 2. The van der Waals surface area contributed by atoms with E-state index in [1.165, 1.54) is 18.2 Å². The van der Waals surface area contributed by atoms with E-state index in [1.54, 1.807) is 36.4 Å². The fourth-order valence-electron chi connectivity index (χ4n) is 4.01. The van der Waals surface area contributed by atoms with Crippen molar-refractivity contribution in [3.63, 3.8) is 0 Å². The first-order valence-electron chi connectivity index (χ1n) is 12.1. The number of hydrogen-bond donors (Lipinski definition) is 4. The number of rotatable bonds is 10. The van der Waals surface area contributed by atoms with Gasteiger partial charge in [-0.05, 0) is 52.9 Å². The maximum Gasteiger partial charge on any atom is 0.322 e. The van der Waals surface area contributed by atoms with E-state index in [0.717, 1.165) is 16.7 Å². The maximum atomic E-state index is 12.9. The Morgan fingerprint density at radius 3 is 2.05 bits per heavy atom. The average molecular weight is 599 g/mol. The van der Waals surface area contributed by atoms with Crippen molar-refractivity contribution < 1.29 is 23.1 Å². The fourth-order valence-corrected chi connectivity index (χ4v) is 6.34. The van der Waals surface area contributed by atoms with Gasteiger partial charge in [0.2, 0.25) is 10.0 Å². The third kappa shape index (κ3) is 7.61. The number of carbonyl (C=O) groups excluding carboxylic acids is 1. The first-order chi connectivity index (χ1) is 19.1. The van der Waals surface area contributed by atoms with Crippen LogP contribution in [0.1, 0.15) is 11.1 Å². The first kappa shape index (κ1) is 29.1. The van der Waals surface area contributed by atoms with Gasteiger partial charge in [-0.3, -0.25) is 4.79 Å². The number of benzene rings is 4. The molecule has 0 radical (unpaired) electrons. The predicted octanol–water partition coefficient (Wildman–Crippen LogP) is 5.96. The van der Waals surface area contributed by atoms with Crippen LogP contribution in [0.15, 0.2) is 102 Å². The molecule has 0 aliphatic rings. The Labute approximate surface area is 242 Å². The van der Waals surface area contributed by atoms with E-state index in [-0.39, 0.29) is 27.4 Å². The smallest absolute Gasteiger partial charge is 0.322 e. The number of urea groups is 1. The van der Waals surface area contributed by atoms with Crippen molar-refractivity contribution in [3.05, 3.63) is 118 Å². The number of nitrogens with one attached hydrogen (secondary N) is 3. The Hall–Kier alpha value is -3.89. The first-order valence-corrected chi connectivity index (χ1v) is 14.3. The summed E-state index contributed by atoms with van der Waals surface area (Å²) in [6, 6.07) is 26.1. The molecule has 11 heteroatoms. The van der Waals surface area contributed by atoms with Gasteiger partial charge in [0.25, 0.3) is 0 Å². The zero-order chi connectivity index (χ0) is 28.7. The molecule has 0 fully saturated rings. The molecule has 206 valence electrons. The van der Waals surface area contributed by atoms with Gasteiger partial charge >= 0.3 is 12.0 Å². The van der Waals surface area contributed by atoms with Crippen LogP contribution in [0.3, 0.4) is 0 Å². The molecule has 2 amide bonds. The van der Waals surface area contributed by atoms with Gasteiger partial charge in [-0.2, -0.15) is 4.72 Å². The van der Waals surface area contributed by atoms with E-state index in [0.29, 0.717) is 17.8 Å². The van der Waals surface area contributed by atoms with Crippen molar-refractivity contribution in [1.29, 1.82) is 0 Å². The van der Waals surface area contributed by atoms with E-state index in [2.05, 4.69) is 15.4 Å². The summed E-state index contributed by atoms with van der Waals surface area (Å²) < 4.78 is 28.1. The number of sulfonamides is 1. The highest BCUT2D eigenvalue weighted by Crippen LogP contribution is 2.29. The Kier molecular flexibility index (Phi) is 9.44. The van der Waals surface area contributed by atoms with Gasteiger partial charge in [0.1, 0.15) is 10.9 Å². The van der Waals surface area contributed by atoms with Crippen LogP contribution in [0.5, 0.6) is 0 Å². The normalized spacial score (nSPS) is 11.9. The molecule has 0 aromatic heterocycles. The van der Waals surface area contributed by atoms with Crippen molar-refractivity contribution in [1.82, 2.24) is 10.0 Å². The molecule has 0 heterocycles. The summed E-state index contributed by atoms with van der Waals surface area (Å²) >= 11 is 12.1. The Bertz CT molecular complexity index is 1610. The van der Waals surface area contributed by atoms with Crippen molar-refractivity contribution in [2.45, 2.75) is 23.9 Å². The molecular formula is C29H25Cl2N3O5S. The summed E-state index contributed by atoms with van der Waals surface area (Å²) in [5, 5.41) is 15.1. The van der Waals surface area contributed by atoms with E-state index < -0.39 is 22.0 Å². The van der Waals surface area contributed by atoms with Gasteiger partial charge in [0.15, 0.2) is 0 Å². The molecule has 0 aliphatic heterocycles. The number of carboxylic acid groups (broad SMARTS) is 1. The minimum Gasteiger partial charge on any atom is -0.480 e. The molecule has 4 N–H and O–H groups in total. The van der Waals surface area contributed by atoms with Crippen LogP contribution in [-0.2, 0) is 27.8 Å². The quantitative estimate of drug-likeness (QED) is 0.180. The minimum absolute atomic E-state index is 0.117. The number of hydrogen-bond acceptors (Lipinski definition) is 4. The number of amides is 2. The molecule has 0 bridgehead atoms. The Balaban J connectivity index is 1.47. The highest BCUT2D eigenvalue weighted by atomic mass is 35.5. The molecular weight excluding hydrogens is 573 g/mol. The minimum atomic E-state index is -4.33. The summed E-state index contributed by atoms with van der Waals surface area (Å²) in [5.41, 5.74) is 3.66. The summed E-state index contributed by atoms with van der Waals surface area (Å²) in [6.45, 7) is 0.381. The second-order valence-corrected chi connectivity index (χ2v) is 11.3. The van der Waals surface area contributed by atoms with E-state index in [4.69, 9.17) is 23.2 Å². The fraction of sp³-hybridized carbons (Fsp3) is 0.103. The molecule has 4 aromatic carbocycles. The molecule has 40 heavy (non-hydrogen) atoms. The van der Waals surface area contributed by atoms with Crippen LogP contribution in [0.2, 0.25) is 10.0 Å². The molecule has 8 nitrogen and oxygen atoms in total. The number of carbonyl (C=O) groups is 2. The van der Waals surface area contributed by atoms with Gasteiger partial charge in [-0.25, -0.2) is 13.2 Å². The average Bonchev–Trinajstić information content (AvgIpc) is 2.92. The lowest BCUT2D eigenvalue weighted by atomic mass is 9.99. The molecule has 4 aromatic rings. The lowest BCUT2D eigenvalue weighted by molar-refractivity contribution is -0.138. The van der Waals surface area contributed by atoms with Gasteiger partial charge in [0, 0.05) is 12.2 Å². The number of anilines is 1. The second kappa shape index (κ2) is 13.0. The second-order valence-electron chi connectivity index (χ2n) is 8.84. The third-order valence-corrected chi connectivity index (χ3v) is 8.33. The number of aliphatic carboxylic acids is 1. The zero-order valence-electron chi connectivity index (χ0n) is 21.0. The van der Waals surface area contributed by atoms with Gasteiger partial charge in [-0.15, -0.1) is 0 Å². The van der Waals surface area contributed by atoms with Gasteiger partial charge in [-0.1, -0.05) is 96.0 Å². The lowest BCUT2D eigenvalue weighted by Gasteiger charge is -2.17. The highest BCUT2D eigenvalue weighted by Gasteiger charge is 2.29. The largest absolute Gasteiger partial charge is 0.480 e. The van der Waals surface area contributed by atoms with Gasteiger partial charge < -0.3 is 15.7 Å². The SMILES string of the molecule is O=C(NCc1ccccc1)Nc1cccc(-c2cccc(C[C@@H](NS(=O)(=O)c3c(Cl)cccc3Cl)C(=O)O)c2)c1. The molecule has 4 rings (SSSR count). The molecule has 1 atom stereocenters. The van der Waals surface area contributed by atoms with Crippen LogP contribution in [0.25, 0.3) is 11.1 Å². The van der Waals surface area contributed by atoms with Crippen molar-refractivity contribution >= 4 is 50.9 Å². The number of carboxylic acids is 1. The van der Waals surface area contributed by atoms with Crippen LogP contribution in [0, 0.1) is 0 Å². The molecule has 0 saturated heterocycles. The molecule has 0 unspecified atom stereocenters. The maximum absolute atomic E-state index is 12.9. The monoisotopic (exact) mass is 597 g/mol. The van der Waals surface area contributed by atoms with Crippen LogP contribution in [-0.4, -0.2) is 31.6 Å². The van der Waals surface area contributed by atoms with Crippen LogP contribution < -0.4 is 15.4 Å². The van der Waals surface area contributed by atoms with Crippen molar-refractivity contribution in [2.75, 3.05) is 5.32 Å². The highest BCUT2D eigenvalue weighted by molar-refractivity contribution is 7.89. The molecule has 0 saturated carbocycles. The van der Waals surface area contributed by atoms with E-state index >= 15 is 0 Å². The summed E-state index contributed by atoms with van der Waals surface area (Å²) in [5.74, 6) is -1.36. The van der Waals surface area contributed by atoms with E-state index in [9.17, 15) is 23.1 Å². The van der Waals surface area contributed by atoms with Gasteiger partial charge in [0.05, 0.1) is 10.0 Å². The zero-order valence-corrected chi connectivity index (χ0v) is 23.3.